The van der Waals surface area contributed by atoms with Crippen LogP contribution in [0, 0.1) is 0 Å². The molecule has 0 N–H and O–H groups in total. The first-order valence-electron chi connectivity index (χ1n) is 14.6. The van der Waals surface area contributed by atoms with Gasteiger partial charge >= 0.3 is 264 Å². The van der Waals surface area contributed by atoms with Crippen LogP contribution in [0.25, 0.3) is 0 Å². The van der Waals surface area contributed by atoms with Crippen molar-refractivity contribution in [1.82, 2.24) is 9.13 Å². The van der Waals surface area contributed by atoms with Crippen molar-refractivity contribution in [2.75, 3.05) is 26.2 Å². The van der Waals surface area contributed by atoms with E-state index in [4.69, 9.17) is 0 Å². The molecule has 2 nitrogen and oxygen atoms in total. The van der Waals surface area contributed by atoms with E-state index in [9.17, 15) is 0 Å². The van der Waals surface area contributed by atoms with Crippen molar-refractivity contribution in [3.05, 3.63) is 137 Å². The van der Waals surface area contributed by atoms with Crippen LogP contribution in [0.3, 0.4) is 0 Å². The van der Waals surface area contributed by atoms with Crippen molar-refractivity contribution in [2.45, 2.75) is 38.8 Å². The van der Waals surface area contributed by atoms with Crippen LogP contribution in [-0.4, -0.2) is 47.6 Å². The number of rotatable bonds is 16. The van der Waals surface area contributed by atoms with Crippen molar-refractivity contribution < 1.29 is 66.0 Å². The normalized spacial score (nSPS) is 17.2. The summed E-state index contributed by atoms with van der Waals surface area (Å²) in [6, 6.07) is 0. The van der Waals surface area contributed by atoms with Gasteiger partial charge < -0.3 is 24.8 Å². The number of allylic oxidation sites excluding steroid dienone is 16. The second-order valence-corrected chi connectivity index (χ2v) is 57.3. The standard InChI is InChI=1S/2C7H14NSi.4C5H5.2ClH.2Hf/c2*1-4-6-8(9-3)7-5-2;4*1-2-4-5-3-1;;;;/h2*4-5,9H,1-2,6-7H2,3H3;4*1-3H,4H2;2*1H;;/q;;;;;;;;2*+1/p-2. The molecule has 0 radical (unpaired) electrons. The minimum Gasteiger partial charge on any atom is -1.00 e. The molecule has 4 aliphatic carbocycles. The quantitative estimate of drug-likeness (QED) is 0.172. The molecule has 8 heteroatoms. The molecule has 42 heavy (non-hydrogen) atoms. The van der Waals surface area contributed by atoms with Gasteiger partial charge in [0.25, 0.3) is 0 Å². The van der Waals surface area contributed by atoms with Crippen molar-refractivity contribution in [2.24, 2.45) is 0 Å². The molecule has 0 saturated carbocycles. The summed E-state index contributed by atoms with van der Waals surface area (Å²) in [7, 11) is 0. The fourth-order valence-electron chi connectivity index (χ4n) is 5.88. The fraction of sp³-hybridized carbons (Fsp3) is 0.294. The largest absolute Gasteiger partial charge is 1.00 e. The molecule has 0 aromatic rings. The SMILES string of the molecule is C=CCN(CC=C)[SiH](C)[Hf+]([C]1=CC=CC1)[C]1=CC=CC1.C=CCN(CC=C)[SiH](C)[Hf+]([C]1=CC=CC1)[C]1=CC=CC1.[Cl-].[Cl-]. The average molecular weight is 969 g/mol. The minimum atomic E-state index is -1.85. The van der Waals surface area contributed by atoms with E-state index in [1.165, 1.54) is 25.7 Å². The molecule has 2 atom stereocenters. The Labute approximate surface area is 286 Å². The van der Waals surface area contributed by atoms with Crippen LogP contribution in [0.5, 0.6) is 0 Å². The van der Waals surface area contributed by atoms with Crippen LogP contribution in [0.4, 0.5) is 0 Å². The van der Waals surface area contributed by atoms with Crippen molar-refractivity contribution in [3.63, 3.8) is 0 Å². The van der Waals surface area contributed by atoms with Crippen LogP contribution >= 0.6 is 0 Å². The molecule has 0 saturated heterocycles. The van der Waals surface area contributed by atoms with Gasteiger partial charge in [0.2, 0.25) is 0 Å². The van der Waals surface area contributed by atoms with Gasteiger partial charge in [-0.2, -0.15) is 0 Å². The molecule has 0 aromatic carbocycles. The van der Waals surface area contributed by atoms with Crippen LogP contribution in [-0.2, 0) is 41.2 Å². The van der Waals surface area contributed by atoms with Gasteiger partial charge in [0, 0.05) is 0 Å². The molecule has 0 fully saturated rings. The van der Waals surface area contributed by atoms with E-state index in [1.807, 2.05) is 13.3 Å². The van der Waals surface area contributed by atoms with E-state index >= 15 is 0 Å². The maximum absolute atomic E-state index is 3.94. The van der Waals surface area contributed by atoms with Crippen molar-refractivity contribution >= 4 is 12.3 Å². The topological polar surface area (TPSA) is 6.48 Å². The summed E-state index contributed by atoms with van der Waals surface area (Å²) in [4.78, 5) is 0. The van der Waals surface area contributed by atoms with Gasteiger partial charge in [0.05, 0.1) is 0 Å². The molecule has 224 valence electrons. The van der Waals surface area contributed by atoms with E-state index in [2.05, 4.69) is 146 Å². The van der Waals surface area contributed by atoms with E-state index in [1.54, 1.807) is 0 Å². The first-order chi connectivity index (χ1) is 19.5. The number of halogens is 2. The maximum Gasteiger partial charge on any atom is -1.00 e. The molecule has 0 bridgehead atoms. The first-order valence-corrected chi connectivity index (χ1v) is 38.8. The van der Waals surface area contributed by atoms with Crippen molar-refractivity contribution in [1.29, 1.82) is 0 Å². The van der Waals surface area contributed by atoms with E-state index in [0.29, 0.717) is 0 Å². The van der Waals surface area contributed by atoms with Gasteiger partial charge in [0.1, 0.15) is 0 Å². The molecule has 4 aliphatic rings. The number of hydrogen-bond acceptors (Lipinski definition) is 2. The third-order valence-electron chi connectivity index (χ3n) is 7.85. The van der Waals surface area contributed by atoms with Gasteiger partial charge in [-0.15, -0.1) is 0 Å². The zero-order valence-corrected chi connectivity index (χ0v) is 36.5. The van der Waals surface area contributed by atoms with Crippen LogP contribution in [0.1, 0.15) is 25.7 Å². The summed E-state index contributed by atoms with van der Waals surface area (Å²) in [5, 5.41) is 0. The van der Waals surface area contributed by atoms with Crippen LogP contribution in [0.15, 0.2) is 137 Å². The van der Waals surface area contributed by atoms with E-state index in [-0.39, 0.29) is 24.8 Å². The van der Waals surface area contributed by atoms with Crippen molar-refractivity contribution in [3.8, 4) is 0 Å². The Bertz CT molecular complexity index is 996. The Morgan fingerprint density at radius 3 is 0.952 bits per heavy atom. The van der Waals surface area contributed by atoms with Gasteiger partial charge in [-0.05, 0) is 0 Å². The molecular weight excluding hydrogens is 920 g/mol. The number of hydrogen-bond donors (Lipinski definition) is 0. The summed E-state index contributed by atoms with van der Waals surface area (Å²) in [5.41, 5.74) is 0. The number of nitrogens with zero attached hydrogens (tertiary/aromatic N) is 2. The fourth-order valence-corrected chi connectivity index (χ4v) is 65.0. The summed E-state index contributed by atoms with van der Waals surface area (Å²) in [6.07, 6.45) is 39.3. The second kappa shape index (κ2) is 22.1. The van der Waals surface area contributed by atoms with Gasteiger partial charge in [-0.25, -0.2) is 0 Å². The Hall–Kier alpha value is -0.446. The molecule has 0 spiro atoms. The molecule has 0 aromatic heterocycles. The Kier molecular flexibility index (Phi) is 20.8. The monoisotopic (exact) mass is 970 g/mol. The third kappa shape index (κ3) is 11.5. The summed E-state index contributed by atoms with van der Waals surface area (Å²) in [5.74, 6) is 0. The third-order valence-corrected chi connectivity index (χ3v) is 65.9. The minimum absolute atomic E-state index is 0. The Morgan fingerprint density at radius 2 is 0.786 bits per heavy atom. The maximum atomic E-state index is 3.94. The first kappa shape index (κ1) is 39.6. The molecule has 4 rings (SSSR count). The molecule has 0 amide bonds. The van der Waals surface area contributed by atoms with Gasteiger partial charge in [-0.3, -0.25) is 0 Å². The summed E-state index contributed by atoms with van der Waals surface area (Å²) >= 11 is -3.71. The average Bonchev–Trinajstić information content (AvgIpc) is 3.78. The molecular formula is C34H48Cl2Hf2N2Si2. The predicted molar refractivity (Wildman–Crippen MR) is 177 cm³/mol. The second-order valence-electron chi connectivity index (χ2n) is 10.5. The Balaban J connectivity index is 0.000000401. The van der Waals surface area contributed by atoms with Crippen LogP contribution in [0.2, 0.25) is 13.1 Å². The van der Waals surface area contributed by atoms with E-state index in [0.717, 1.165) is 26.2 Å². The smallest absolute Gasteiger partial charge is 1.00 e. The van der Waals surface area contributed by atoms with Gasteiger partial charge in [-0.1, -0.05) is 0 Å². The zero-order valence-electron chi connectivity index (χ0n) is 25.5. The summed E-state index contributed by atoms with van der Waals surface area (Å²) < 4.78 is 12.6. The molecule has 0 heterocycles. The van der Waals surface area contributed by atoms with Gasteiger partial charge in [0.15, 0.2) is 0 Å². The zero-order chi connectivity index (χ0) is 28.7. The Morgan fingerprint density at radius 1 is 0.548 bits per heavy atom. The predicted octanol–water partition coefficient (Wildman–Crippen LogP) is 1.64. The molecule has 0 aliphatic heterocycles. The van der Waals surface area contributed by atoms with Crippen LogP contribution < -0.4 is 24.8 Å². The molecule has 2 unspecified atom stereocenters. The van der Waals surface area contributed by atoms with E-state index < -0.39 is 53.5 Å². The summed E-state index contributed by atoms with van der Waals surface area (Å²) in [6.45, 7) is 25.0.